The van der Waals surface area contributed by atoms with Gasteiger partial charge in [0.2, 0.25) is 0 Å². The molecule has 0 bridgehead atoms. The van der Waals surface area contributed by atoms with Crippen LogP contribution in [0.4, 0.5) is 0 Å². The Morgan fingerprint density at radius 3 is 0.865 bits per heavy atom. The lowest BCUT2D eigenvalue weighted by atomic mass is 10.1. The minimum atomic E-state index is -0.842. The van der Waals surface area contributed by atoms with Crippen LogP contribution < -0.4 is 0 Å². The van der Waals surface area contributed by atoms with Crippen molar-refractivity contribution in [3.8, 4) is 0 Å². The predicted molar refractivity (Wildman–Crippen MR) is 182 cm³/mol. The Hall–Kier alpha value is 0.647. The van der Waals surface area contributed by atoms with E-state index in [0.29, 0.717) is 0 Å². The van der Waals surface area contributed by atoms with Crippen molar-refractivity contribution in [3.05, 3.63) is 0 Å². The van der Waals surface area contributed by atoms with Crippen molar-refractivity contribution in [1.29, 1.82) is 0 Å². The van der Waals surface area contributed by atoms with Crippen LogP contribution in [0.3, 0.4) is 0 Å². The summed E-state index contributed by atoms with van der Waals surface area (Å²) in [6, 6.07) is 1.54. The van der Waals surface area contributed by atoms with E-state index < -0.39 is 15.3 Å². The molecule has 0 aromatic carbocycles. The van der Waals surface area contributed by atoms with E-state index >= 15 is 0 Å². The lowest BCUT2D eigenvalue weighted by molar-refractivity contribution is 0.548. The van der Waals surface area contributed by atoms with Gasteiger partial charge in [0.15, 0.2) is 0 Å². The van der Waals surface area contributed by atoms with Gasteiger partial charge < -0.3 is 0 Å². The van der Waals surface area contributed by atoms with Crippen LogP contribution in [0.25, 0.3) is 0 Å². The number of unbranched alkanes of at least 4 members (excludes halogenated alkanes) is 20. The van der Waals surface area contributed by atoms with Gasteiger partial charge in [-0.3, -0.25) is 0 Å². The summed E-state index contributed by atoms with van der Waals surface area (Å²) in [5, 5.41) is 0. The van der Waals surface area contributed by atoms with Crippen molar-refractivity contribution in [3.63, 3.8) is 0 Å². The minimum Gasteiger partial charge on any atom is -0.0695 e. The van der Waals surface area contributed by atoms with E-state index in [4.69, 9.17) is 0 Å². The molecule has 0 rings (SSSR count). The second kappa shape index (κ2) is 26.8. The zero-order valence-corrected chi connectivity index (χ0v) is 29.3. The third-order valence-electron chi connectivity index (χ3n) is 8.77. The average Bonchev–Trinajstić information content (AvgIpc) is 2.86. The highest BCUT2D eigenvalue weighted by atomic mass is 31.2. The fourth-order valence-electron chi connectivity index (χ4n) is 6.16. The van der Waals surface area contributed by atoms with Crippen molar-refractivity contribution in [2.75, 3.05) is 24.6 Å². The molecule has 0 amide bonds. The van der Waals surface area contributed by atoms with Crippen LogP contribution in [0.15, 0.2) is 0 Å². The van der Waals surface area contributed by atoms with Gasteiger partial charge in [-0.1, -0.05) is 149 Å². The molecule has 0 unspecified atom stereocenters. The van der Waals surface area contributed by atoms with E-state index in [1.54, 1.807) is 56.4 Å². The number of rotatable bonds is 30. The molecule has 0 spiro atoms. The van der Waals surface area contributed by atoms with E-state index in [1.807, 2.05) is 0 Å². The molecule has 0 N–H and O–H groups in total. The van der Waals surface area contributed by atoms with Gasteiger partial charge in [0.25, 0.3) is 0 Å². The first-order valence-corrected chi connectivity index (χ1v) is 24.0. The maximum Gasteiger partial charge on any atom is 0.0594 e. The summed E-state index contributed by atoms with van der Waals surface area (Å²) in [6.45, 7) is 14.7. The van der Waals surface area contributed by atoms with Gasteiger partial charge >= 0.3 is 0 Å². The quantitative estimate of drug-likeness (QED) is 0.0469. The normalized spacial score (nSPS) is 12.5. The molecule has 0 aromatic rings. The summed E-state index contributed by atoms with van der Waals surface area (Å²) >= 11 is 0. The third kappa shape index (κ3) is 26.6. The second-order valence-corrected chi connectivity index (χ2v) is 24.1. The summed E-state index contributed by atoms with van der Waals surface area (Å²) < 4.78 is 0. The lowest BCUT2D eigenvalue weighted by Crippen LogP contribution is -2.18. The van der Waals surface area contributed by atoms with Crippen LogP contribution in [-0.2, 0) is 0 Å². The third-order valence-corrected chi connectivity index (χ3v) is 15.7. The van der Waals surface area contributed by atoms with Crippen molar-refractivity contribution in [1.82, 2.24) is 0 Å². The van der Waals surface area contributed by atoms with Crippen molar-refractivity contribution >= 4 is 15.3 Å². The Labute approximate surface area is 240 Å². The second-order valence-electron chi connectivity index (χ2n) is 14.0. The van der Waals surface area contributed by atoms with Gasteiger partial charge in [0.1, 0.15) is 0 Å². The number of hydrogen-bond acceptors (Lipinski definition) is 0. The Kier molecular flexibility index (Phi) is 27.3. The monoisotopic (exact) mass is 556 g/mol. The summed E-state index contributed by atoms with van der Waals surface area (Å²) in [5.74, 6) is 0. The molecule has 2 heteroatoms. The zero-order chi connectivity index (χ0) is 27.5. The van der Waals surface area contributed by atoms with E-state index in [1.165, 1.54) is 128 Å². The van der Waals surface area contributed by atoms with E-state index in [9.17, 15) is 0 Å². The van der Waals surface area contributed by atoms with E-state index in [-0.39, 0.29) is 0 Å². The molecule has 0 aliphatic rings. The van der Waals surface area contributed by atoms with Gasteiger partial charge in [-0.05, 0) is 51.4 Å². The van der Waals surface area contributed by atoms with E-state index in [2.05, 4.69) is 40.4 Å². The molecule has 0 aliphatic carbocycles. The number of hydrogen-bond donors (Lipinski definition) is 0. The zero-order valence-electron chi connectivity index (χ0n) is 27.5. The molecule has 0 saturated carbocycles. The van der Waals surface area contributed by atoms with E-state index in [0.717, 1.165) is 0 Å². The van der Waals surface area contributed by atoms with Crippen molar-refractivity contribution < 1.29 is 0 Å². The molecular formula is C35H76PSi+. The summed E-state index contributed by atoms with van der Waals surface area (Å²) in [5.41, 5.74) is 0. The molecule has 0 radical (unpaired) electrons. The molecule has 0 heterocycles. The molecule has 0 fully saturated rings. The molecule has 224 valence electrons. The first-order chi connectivity index (χ1) is 17.9. The van der Waals surface area contributed by atoms with Gasteiger partial charge in [0, 0.05) is 15.3 Å². The van der Waals surface area contributed by atoms with Gasteiger partial charge in [-0.15, -0.1) is 0 Å². The molecule has 37 heavy (non-hydrogen) atoms. The molecule has 0 aliphatic heterocycles. The van der Waals surface area contributed by atoms with Gasteiger partial charge in [0.05, 0.1) is 24.6 Å². The maximum absolute atomic E-state index is 2.55. The molecule has 0 aromatic heterocycles. The molecule has 0 nitrogen and oxygen atoms in total. The fraction of sp³-hybridized carbons (Fsp3) is 1.00. The Morgan fingerprint density at radius 2 is 0.568 bits per heavy atom. The molecular weight excluding hydrogens is 479 g/mol. The fourth-order valence-corrected chi connectivity index (χ4v) is 12.4. The minimum absolute atomic E-state index is 0.729. The van der Waals surface area contributed by atoms with Crippen LogP contribution in [0.1, 0.15) is 175 Å². The van der Waals surface area contributed by atoms with Crippen LogP contribution in [0.5, 0.6) is 0 Å². The van der Waals surface area contributed by atoms with Crippen LogP contribution in [0.2, 0.25) is 25.7 Å². The van der Waals surface area contributed by atoms with Crippen molar-refractivity contribution in [2.45, 2.75) is 201 Å². The first kappa shape index (κ1) is 37.6. The molecule has 0 atom stereocenters. The molecule has 0 saturated heterocycles. The average molecular weight is 556 g/mol. The topological polar surface area (TPSA) is 0 Å². The van der Waals surface area contributed by atoms with Gasteiger partial charge in [-0.25, -0.2) is 0 Å². The van der Waals surface area contributed by atoms with Crippen LogP contribution >= 0.6 is 7.26 Å². The summed E-state index contributed by atoms with van der Waals surface area (Å²) in [7, 11) is -1.57. The summed E-state index contributed by atoms with van der Waals surface area (Å²) in [6.07, 6.45) is 42.3. The van der Waals surface area contributed by atoms with Crippen molar-refractivity contribution in [2.24, 2.45) is 0 Å². The first-order valence-electron chi connectivity index (χ1n) is 17.7. The van der Waals surface area contributed by atoms with Crippen LogP contribution in [-0.4, -0.2) is 32.7 Å². The smallest absolute Gasteiger partial charge is 0.0594 e. The standard InChI is InChI=1S/C35H76PSi/c1-7-10-13-16-17-18-19-20-21-22-23-28-33-36(31-26-14-11-8-2,32-27-15-12-9-3)34-29-24-25-30-35-37(4,5)6/h7-35H2,1-6H3/q+1. The maximum atomic E-state index is 2.55. The largest absolute Gasteiger partial charge is 0.0695 e. The Bertz CT molecular complexity index is 429. The van der Waals surface area contributed by atoms with Crippen LogP contribution in [0, 0.1) is 0 Å². The highest BCUT2D eigenvalue weighted by Crippen LogP contribution is 2.61. The Balaban J connectivity index is 4.52. The lowest BCUT2D eigenvalue weighted by Gasteiger charge is -2.28. The highest BCUT2D eigenvalue weighted by molar-refractivity contribution is 7.75. The SMILES string of the molecule is CCCCCCCCCCCCCC[P+](CCCCCC)(CCCCCC)CCCCCC[Si](C)(C)C. The predicted octanol–water partition coefficient (Wildman–Crippen LogP) is 13.8. The highest BCUT2D eigenvalue weighted by Gasteiger charge is 2.35. The summed E-state index contributed by atoms with van der Waals surface area (Å²) in [4.78, 5) is 0. The Morgan fingerprint density at radius 1 is 0.324 bits per heavy atom. The van der Waals surface area contributed by atoms with Gasteiger partial charge in [-0.2, -0.15) is 0 Å².